The lowest BCUT2D eigenvalue weighted by Gasteiger charge is -2.04. The first kappa shape index (κ1) is 13.5. The number of thiazole rings is 1. The molecule has 2 N–H and O–H groups in total. The Morgan fingerprint density at radius 3 is 2.40 bits per heavy atom. The molecule has 0 bridgehead atoms. The van der Waals surface area contributed by atoms with Crippen LogP contribution in [0.15, 0.2) is 48.5 Å². The van der Waals surface area contributed by atoms with E-state index in [0.717, 1.165) is 20.8 Å². The van der Waals surface area contributed by atoms with E-state index >= 15 is 0 Å². The molecular formula is C14H12NO3PS. The van der Waals surface area contributed by atoms with Gasteiger partial charge in [0.15, 0.2) is 0 Å². The Bertz CT molecular complexity index is 759. The van der Waals surface area contributed by atoms with Crippen LogP contribution in [0.1, 0.15) is 5.56 Å². The van der Waals surface area contributed by atoms with Crippen LogP contribution >= 0.6 is 18.9 Å². The van der Waals surface area contributed by atoms with Crippen LogP contribution in [0.4, 0.5) is 0 Å². The van der Waals surface area contributed by atoms with E-state index in [9.17, 15) is 4.57 Å². The highest BCUT2D eigenvalue weighted by Gasteiger charge is 2.14. The summed E-state index contributed by atoms with van der Waals surface area (Å²) in [5.41, 5.74) is 2.55. The topological polar surface area (TPSA) is 70.4 Å². The largest absolute Gasteiger partial charge is 0.329 e. The SMILES string of the molecule is O=P(O)(O)Cc1ccc(-c2nc3ccccc3s2)cc1. The lowest BCUT2D eigenvalue weighted by molar-refractivity contribution is 0.371. The second kappa shape index (κ2) is 5.11. The normalized spacial score (nSPS) is 11.9. The van der Waals surface area contributed by atoms with Crippen LogP contribution in [0.3, 0.4) is 0 Å². The molecule has 2 aromatic carbocycles. The summed E-state index contributed by atoms with van der Waals surface area (Å²) in [5.74, 6) is 0. The molecule has 102 valence electrons. The predicted molar refractivity (Wildman–Crippen MR) is 80.8 cm³/mol. The van der Waals surface area contributed by atoms with E-state index < -0.39 is 7.60 Å². The second-order valence-corrected chi connectivity index (χ2v) is 7.18. The third-order valence-corrected chi connectivity index (χ3v) is 4.75. The van der Waals surface area contributed by atoms with Crippen LogP contribution in [0.2, 0.25) is 0 Å². The number of para-hydroxylation sites is 1. The summed E-state index contributed by atoms with van der Waals surface area (Å²) < 4.78 is 12.1. The molecule has 20 heavy (non-hydrogen) atoms. The maximum atomic E-state index is 11.0. The predicted octanol–water partition coefficient (Wildman–Crippen LogP) is 3.64. The Morgan fingerprint density at radius 1 is 1.05 bits per heavy atom. The fraction of sp³-hybridized carbons (Fsp3) is 0.0714. The maximum absolute atomic E-state index is 11.0. The number of hydrogen-bond acceptors (Lipinski definition) is 3. The minimum absolute atomic E-state index is 0.229. The number of fused-ring (bicyclic) bond motifs is 1. The van der Waals surface area contributed by atoms with Gasteiger partial charge in [0.25, 0.3) is 0 Å². The van der Waals surface area contributed by atoms with Crippen LogP contribution in [0.5, 0.6) is 0 Å². The highest BCUT2D eigenvalue weighted by atomic mass is 32.1. The molecule has 4 nitrogen and oxygen atoms in total. The van der Waals surface area contributed by atoms with Gasteiger partial charge in [-0.25, -0.2) is 4.98 Å². The highest BCUT2D eigenvalue weighted by Crippen LogP contribution is 2.39. The lowest BCUT2D eigenvalue weighted by Crippen LogP contribution is -1.86. The molecule has 0 unspecified atom stereocenters. The number of benzene rings is 2. The van der Waals surface area contributed by atoms with Crippen molar-refractivity contribution in [3.63, 3.8) is 0 Å². The van der Waals surface area contributed by atoms with Gasteiger partial charge in [-0.2, -0.15) is 0 Å². The van der Waals surface area contributed by atoms with Crippen molar-refractivity contribution in [2.45, 2.75) is 6.16 Å². The average molecular weight is 305 g/mol. The minimum atomic E-state index is -4.01. The van der Waals surface area contributed by atoms with Crippen LogP contribution in [0, 0.1) is 0 Å². The number of nitrogens with zero attached hydrogens (tertiary/aromatic N) is 1. The van der Waals surface area contributed by atoms with E-state index in [0.29, 0.717) is 5.56 Å². The summed E-state index contributed by atoms with van der Waals surface area (Å²) in [5, 5.41) is 0.911. The van der Waals surface area contributed by atoms with Gasteiger partial charge in [0.05, 0.1) is 16.4 Å². The van der Waals surface area contributed by atoms with Gasteiger partial charge in [0, 0.05) is 5.56 Å². The fourth-order valence-corrected chi connectivity index (χ4v) is 3.64. The zero-order valence-electron chi connectivity index (χ0n) is 10.4. The molecule has 0 aliphatic heterocycles. The van der Waals surface area contributed by atoms with Crippen LogP contribution in [-0.4, -0.2) is 14.8 Å². The summed E-state index contributed by atoms with van der Waals surface area (Å²) in [4.78, 5) is 22.5. The van der Waals surface area contributed by atoms with Gasteiger partial charge in [-0.05, 0) is 17.7 Å². The molecule has 3 aromatic rings. The Hall–Kier alpha value is -1.52. The molecule has 0 amide bonds. The summed E-state index contributed by atoms with van der Waals surface area (Å²) >= 11 is 1.60. The molecule has 0 fully saturated rings. The first-order chi connectivity index (χ1) is 9.51. The van der Waals surface area contributed by atoms with Gasteiger partial charge in [-0.15, -0.1) is 11.3 Å². The summed E-state index contributed by atoms with van der Waals surface area (Å²) in [6.45, 7) is 0. The first-order valence-electron chi connectivity index (χ1n) is 6.01. The van der Waals surface area contributed by atoms with E-state index in [1.165, 1.54) is 0 Å². The van der Waals surface area contributed by atoms with Crippen molar-refractivity contribution in [1.82, 2.24) is 4.98 Å². The molecule has 6 heteroatoms. The van der Waals surface area contributed by atoms with E-state index in [-0.39, 0.29) is 6.16 Å². The zero-order valence-corrected chi connectivity index (χ0v) is 12.1. The third-order valence-electron chi connectivity index (χ3n) is 2.88. The molecule has 1 heterocycles. The van der Waals surface area contributed by atoms with Crippen LogP contribution < -0.4 is 0 Å². The van der Waals surface area contributed by atoms with Crippen molar-refractivity contribution in [1.29, 1.82) is 0 Å². The monoisotopic (exact) mass is 305 g/mol. The van der Waals surface area contributed by atoms with Gasteiger partial charge >= 0.3 is 7.60 Å². The molecule has 0 radical (unpaired) electrons. The van der Waals surface area contributed by atoms with Gasteiger partial charge < -0.3 is 9.79 Å². The molecule has 0 saturated carbocycles. The van der Waals surface area contributed by atoms with Gasteiger partial charge in [-0.3, -0.25) is 4.57 Å². The standard InChI is InChI=1S/C14H12NO3PS/c16-19(17,18)9-10-5-7-11(8-6-10)14-15-12-3-1-2-4-13(12)20-14/h1-8H,9H2,(H2,16,17,18). The van der Waals surface area contributed by atoms with Gasteiger partial charge in [-0.1, -0.05) is 36.4 Å². The maximum Gasteiger partial charge on any atom is 0.329 e. The van der Waals surface area contributed by atoms with Crippen molar-refractivity contribution in [3.05, 3.63) is 54.1 Å². The molecule has 1 aromatic heterocycles. The summed E-state index contributed by atoms with van der Waals surface area (Å²) in [7, 11) is -4.01. The Kier molecular flexibility index (Phi) is 3.44. The number of hydrogen-bond donors (Lipinski definition) is 2. The average Bonchev–Trinajstić information content (AvgIpc) is 2.81. The molecule has 0 spiro atoms. The van der Waals surface area contributed by atoms with Crippen molar-refractivity contribution >= 4 is 29.1 Å². The smallest absolute Gasteiger partial charge is 0.324 e. The third kappa shape index (κ3) is 2.97. The number of rotatable bonds is 3. The van der Waals surface area contributed by atoms with Crippen molar-refractivity contribution in [3.8, 4) is 10.6 Å². The molecule has 0 aliphatic carbocycles. The Morgan fingerprint density at radius 2 is 1.75 bits per heavy atom. The molecule has 3 rings (SSSR count). The summed E-state index contributed by atoms with van der Waals surface area (Å²) in [6.07, 6.45) is -0.229. The molecule has 0 atom stereocenters. The van der Waals surface area contributed by atoms with E-state index in [1.807, 2.05) is 36.4 Å². The highest BCUT2D eigenvalue weighted by molar-refractivity contribution is 7.50. The Balaban J connectivity index is 1.92. The van der Waals surface area contributed by atoms with Crippen molar-refractivity contribution < 1.29 is 14.4 Å². The summed E-state index contributed by atoms with van der Waals surface area (Å²) in [6, 6.07) is 15.1. The van der Waals surface area contributed by atoms with Crippen molar-refractivity contribution in [2.75, 3.05) is 0 Å². The van der Waals surface area contributed by atoms with E-state index in [2.05, 4.69) is 4.98 Å². The van der Waals surface area contributed by atoms with Gasteiger partial charge in [0.1, 0.15) is 5.01 Å². The second-order valence-electron chi connectivity index (χ2n) is 4.51. The van der Waals surface area contributed by atoms with Gasteiger partial charge in [0.2, 0.25) is 0 Å². The number of aromatic nitrogens is 1. The molecule has 0 saturated heterocycles. The van der Waals surface area contributed by atoms with Crippen molar-refractivity contribution in [2.24, 2.45) is 0 Å². The quantitative estimate of drug-likeness (QED) is 0.725. The van der Waals surface area contributed by atoms with Crippen LogP contribution in [-0.2, 0) is 10.7 Å². The van der Waals surface area contributed by atoms with E-state index in [4.69, 9.17) is 9.79 Å². The molecule has 0 aliphatic rings. The lowest BCUT2D eigenvalue weighted by atomic mass is 10.2. The fourth-order valence-electron chi connectivity index (χ4n) is 1.99. The van der Waals surface area contributed by atoms with Crippen LogP contribution in [0.25, 0.3) is 20.8 Å². The minimum Gasteiger partial charge on any atom is -0.324 e. The van der Waals surface area contributed by atoms with E-state index in [1.54, 1.807) is 23.5 Å². The molecular weight excluding hydrogens is 293 g/mol. The Labute approximate surface area is 119 Å². The zero-order chi connectivity index (χ0) is 14.2. The first-order valence-corrected chi connectivity index (χ1v) is 8.62.